The molecule has 1 fully saturated rings. The number of carbonyl (C=O) groups excluding carboxylic acids is 2. The van der Waals surface area contributed by atoms with Gasteiger partial charge in [0.1, 0.15) is 5.76 Å². The summed E-state index contributed by atoms with van der Waals surface area (Å²) in [4.78, 5) is 27.0. The van der Waals surface area contributed by atoms with Crippen molar-refractivity contribution in [1.82, 2.24) is 9.47 Å². The van der Waals surface area contributed by atoms with Crippen molar-refractivity contribution in [1.29, 1.82) is 0 Å². The van der Waals surface area contributed by atoms with E-state index in [1.165, 1.54) is 0 Å². The van der Waals surface area contributed by atoms with E-state index in [1.54, 1.807) is 6.26 Å². The van der Waals surface area contributed by atoms with Crippen molar-refractivity contribution in [3.05, 3.63) is 77.0 Å². The van der Waals surface area contributed by atoms with E-state index in [9.17, 15) is 9.59 Å². The Morgan fingerprint density at radius 2 is 1.97 bits per heavy atom. The third-order valence-corrected chi connectivity index (χ3v) is 6.28. The van der Waals surface area contributed by atoms with Crippen LogP contribution >= 0.6 is 0 Å². The van der Waals surface area contributed by atoms with Gasteiger partial charge in [-0.15, -0.1) is 0 Å². The maximum atomic E-state index is 13.2. The number of likely N-dealkylation sites (tertiary alicyclic amines) is 1. The second kappa shape index (κ2) is 9.44. The number of hydrogen-bond donors (Lipinski definition) is 2. The topological polar surface area (TPSA) is 93.5 Å². The monoisotopic (exact) mass is 434 g/mol. The predicted octanol–water partition coefficient (Wildman–Crippen LogP) is 3.70. The zero-order valence-corrected chi connectivity index (χ0v) is 18.6. The Morgan fingerprint density at radius 1 is 1.16 bits per heavy atom. The Morgan fingerprint density at radius 3 is 2.72 bits per heavy atom. The molecule has 1 aliphatic rings. The molecule has 3 N–H and O–H groups in total. The molecule has 1 aromatic carbocycles. The molecule has 0 bridgehead atoms. The molecule has 4 rings (SSSR count). The summed E-state index contributed by atoms with van der Waals surface area (Å²) in [5, 5.41) is 3.10. The first-order valence-corrected chi connectivity index (χ1v) is 11.0. The summed E-state index contributed by atoms with van der Waals surface area (Å²) in [5.41, 5.74) is 9.88. The van der Waals surface area contributed by atoms with Crippen LogP contribution in [0.1, 0.15) is 45.9 Å². The molecule has 0 aliphatic carbocycles. The van der Waals surface area contributed by atoms with Crippen molar-refractivity contribution in [2.45, 2.75) is 39.8 Å². The van der Waals surface area contributed by atoms with Gasteiger partial charge in [-0.05, 0) is 63.1 Å². The van der Waals surface area contributed by atoms with E-state index in [0.29, 0.717) is 25.2 Å². The van der Waals surface area contributed by atoms with E-state index in [0.717, 1.165) is 47.8 Å². The lowest BCUT2D eigenvalue weighted by atomic mass is 9.97. The van der Waals surface area contributed by atoms with Crippen LogP contribution in [0, 0.1) is 19.8 Å². The molecule has 2 aromatic heterocycles. The number of nitrogens with one attached hydrogen (secondary N) is 1. The third kappa shape index (κ3) is 4.78. The number of anilines is 1. The number of aryl methyl sites for hydroxylation is 1. The highest BCUT2D eigenvalue weighted by atomic mass is 16.3. The van der Waals surface area contributed by atoms with Gasteiger partial charge in [-0.25, -0.2) is 0 Å². The number of primary amides is 1. The molecular weight excluding hydrogens is 404 g/mol. The van der Waals surface area contributed by atoms with Gasteiger partial charge in [0.2, 0.25) is 5.91 Å². The van der Waals surface area contributed by atoms with Gasteiger partial charge in [0.15, 0.2) is 0 Å². The largest absolute Gasteiger partial charge is 0.467 e. The minimum absolute atomic E-state index is 0.106. The number of benzene rings is 1. The number of furan rings is 1. The average molecular weight is 435 g/mol. The molecule has 0 radical (unpaired) electrons. The summed E-state index contributed by atoms with van der Waals surface area (Å²) >= 11 is 0. The Hall–Kier alpha value is -3.32. The molecule has 32 heavy (non-hydrogen) atoms. The van der Waals surface area contributed by atoms with Crippen LogP contribution in [-0.2, 0) is 17.9 Å². The van der Waals surface area contributed by atoms with Gasteiger partial charge in [0.25, 0.3) is 5.91 Å². The summed E-state index contributed by atoms with van der Waals surface area (Å²) in [6.07, 6.45) is 3.45. The van der Waals surface area contributed by atoms with E-state index in [-0.39, 0.29) is 17.7 Å². The number of para-hydroxylation sites is 1. The second-order valence-corrected chi connectivity index (χ2v) is 8.54. The van der Waals surface area contributed by atoms with Gasteiger partial charge >= 0.3 is 0 Å². The minimum Gasteiger partial charge on any atom is -0.467 e. The first-order valence-electron chi connectivity index (χ1n) is 11.0. The van der Waals surface area contributed by atoms with Crippen LogP contribution in [0.4, 0.5) is 5.69 Å². The fourth-order valence-electron chi connectivity index (χ4n) is 4.47. The standard InChI is InChI=1S/C25H30N4O3/c1-17-13-22(18(2)29(17)16-21-9-6-12-32-21)25(31)27-23-10-4-3-7-19(23)14-28-11-5-8-20(15-28)24(26)30/h3-4,6-7,9-10,12-13,20H,5,8,11,14-16H2,1-2H3,(H2,26,30)(H,27,31). The Labute approximate surface area is 188 Å². The average Bonchev–Trinajstić information content (AvgIpc) is 3.39. The number of piperidine rings is 1. The lowest BCUT2D eigenvalue weighted by Gasteiger charge is -2.31. The maximum absolute atomic E-state index is 13.2. The van der Waals surface area contributed by atoms with Gasteiger partial charge in [-0.2, -0.15) is 0 Å². The summed E-state index contributed by atoms with van der Waals surface area (Å²) in [7, 11) is 0. The molecule has 1 aliphatic heterocycles. The fraction of sp³-hybridized carbons (Fsp3) is 0.360. The summed E-state index contributed by atoms with van der Waals surface area (Å²) in [6, 6.07) is 13.5. The van der Waals surface area contributed by atoms with Crippen molar-refractivity contribution in [3.63, 3.8) is 0 Å². The molecule has 2 amide bonds. The molecule has 7 heteroatoms. The first-order chi connectivity index (χ1) is 15.4. The second-order valence-electron chi connectivity index (χ2n) is 8.54. The number of hydrogen-bond acceptors (Lipinski definition) is 4. The Bertz CT molecular complexity index is 1100. The molecular formula is C25H30N4O3. The molecule has 3 aromatic rings. The normalized spacial score (nSPS) is 16.8. The van der Waals surface area contributed by atoms with Crippen LogP contribution in [0.2, 0.25) is 0 Å². The third-order valence-electron chi connectivity index (χ3n) is 6.28. The number of rotatable bonds is 7. The van der Waals surface area contributed by atoms with Crippen LogP contribution < -0.4 is 11.1 Å². The zero-order chi connectivity index (χ0) is 22.7. The van der Waals surface area contributed by atoms with E-state index < -0.39 is 0 Å². The van der Waals surface area contributed by atoms with Gasteiger partial charge in [-0.3, -0.25) is 14.5 Å². The lowest BCUT2D eigenvalue weighted by molar-refractivity contribution is -0.123. The van der Waals surface area contributed by atoms with Crippen molar-refractivity contribution < 1.29 is 14.0 Å². The van der Waals surface area contributed by atoms with Crippen molar-refractivity contribution in [3.8, 4) is 0 Å². The number of amides is 2. The molecule has 0 spiro atoms. The van der Waals surface area contributed by atoms with Crippen LogP contribution in [-0.4, -0.2) is 34.4 Å². The number of nitrogens with two attached hydrogens (primary N) is 1. The molecule has 1 unspecified atom stereocenters. The van der Waals surface area contributed by atoms with E-state index >= 15 is 0 Å². The smallest absolute Gasteiger partial charge is 0.257 e. The highest BCUT2D eigenvalue weighted by Crippen LogP contribution is 2.24. The zero-order valence-electron chi connectivity index (χ0n) is 18.6. The molecule has 168 valence electrons. The molecule has 0 saturated carbocycles. The first kappa shape index (κ1) is 21.9. The van der Waals surface area contributed by atoms with Gasteiger partial charge in [0.05, 0.1) is 24.3 Å². The molecule has 7 nitrogen and oxygen atoms in total. The molecule has 1 saturated heterocycles. The molecule has 3 heterocycles. The Balaban J connectivity index is 1.49. The van der Waals surface area contributed by atoms with Crippen molar-refractivity contribution >= 4 is 17.5 Å². The number of carbonyl (C=O) groups is 2. The SMILES string of the molecule is Cc1cc(C(=O)Nc2ccccc2CN2CCCC(C(N)=O)C2)c(C)n1Cc1ccco1. The lowest BCUT2D eigenvalue weighted by Crippen LogP contribution is -2.40. The van der Waals surface area contributed by atoms with Crippen LogP contribution in [0.3, 0.4) is 0 Å². The fourth-order valence-corrected chi connectivity index (χ4v) is 4.47. The summed E-state index contributed by atoms with van der Waals surface area (Å²) in [5.74, 6) is 0.371. The van der Waals surface area contributed by atoms with Crippen LogP contribution in [0.25, 0.3) is 0 Å². The van der Waals surface area contributed by atoms with Crippen molar-refractivity contribution in [2.75, 3.05) is 18.4 Å². The van der Waals surface area contributed by atoms with E-state index in [4.69, 9.17) is 10.2 Å². The predicted molar refractivity (Wildman–Crippen MR) is 123 cm³/mol. The minimum atomic E-state index is -0.235. The van der Waals surface area contributed by atoms with Crippen LogP contribution in [0.5, 0.6) is 0 Å². The molecule has 1 atom stereocenters. The van der Waals surface area contributed by atoms with Crippen LogP contribution in [0.15, 0.2) is 53.1 Å². The quantitative estimate of drug-likeness (QED) is 0.593. The van der Waals surface area contributed by atoms with E-state index in [2.05, 4.69) is 14.8 Å². The van der Waals surface area contributed by atoms with Gasteiger partial charge < -0.3 is 20.0 Å². The highest BCUT2D eigenvalue weighted by molar-refractivity contribution is 6.05. The summed E-state index contributed by atoms with van der Waals surface area (Å²) in [6.45, 7) is 6.77. The Kier molecular flexibility index (Phi) is 6.46. The summed E-state index contributed by atoms with van der Waals surface area (Å²) < 4.78 is 7.55. The maximum Gasteiger partial charge on any atom is 0.257 e. The highest BCUT2D eigenvalue weighted by Gasteiger charge is 2.25. The van der Waals surface area contributed by atoms with Gasteiger partial charge in [-0.1, -0.05) is 18.2 Å². The number of aromatic nitrogens is 1. The number of nitrogens with zero attached hydrogens (tertiary/aromatic N) is 2. The van der Waals surface area contributed by atoms with Gasteiger partial charge in [0, 0.05) is 30.2 Å². The van der Waals surface area contributed by atoms with Crippen molar-refractivity contribution in [2.24, 2.45) is 11.7 Å². The van der Waals surface area contributed by atoms with E-state index in [1.807, 2.05) is 56.3 Å².